The zero-order valence-corrected chi connectivity index (χ0v) is 7.27. The number of allylic oxidation sites excluding steroid dienone is 4. The molecule has 6 heteroatoms. The molecule has 1 aliphatic rings. The van der Waals surface area contributed by atoms with E-state index in [0.717, 1.165) is 0 Å². The van der Waals surface area contributed by atoms with E-state index in [1.165, 1.54) is 0 Å². The molecule has 0 fully saturated rings. The van der Waals surface area contributed by atoms with Gasteiger partial charge in [0.1, 0.15) is 0 Å². The second-order valence-corrected chi connectivity index (χ2v) is 2.93. The van der Waals surface area contributed by atoms with E-state index in [1.54, 1.807) is 12.2 Å². The summed E-state index contributed by atoms with van der Waals surface area (Å²) in [6.07, 6.45) is 7.49. The van der Waals surface area contributed by atoms with Crippen LogP contribution in [0.25, 0.3) is 0 Å². The summed E-state index contributed by atoms with van der Waals surface area (Å²) in [6, 6.07) is 0. The fraction of sp³-hybridized carbons (Fsp3) is 0.286. The Morgan fingerprint density at radius 1 is 1.23 bits per heavy atom. The summed E-state index contributed by atoms with van der Waals surface area (Å²) >= 11 is 0. The zero-order valence-electron chi connectivity index (χ0n) is 6.45. The van der Waals surface area contributed by atoms with E-state index in [-0.39, 0.29) is 0 Å². The molecule has 0 saturated heterocycles. The van der Waals surface area contributed by atoms with Gasteiger partial charge in [0.25, 0.3) is 0 Å². The van der Waals surface area contributed by atoms with E-state index >= 15 is 0 Å². The van der Waals surface area contributed by atoms with E-state index in [1.807, 2.05) is 12.2 Å². The van der Waals surface area contributed by atoms with Gasteiger partial charge in [0, 0.05) is 6.42 Å². The van der Waals surface area contributed by atoms with Gasteiger partial charge in [-0.25, -0.2) is 0 Å². The van der Waals surface area contributed by atoms with Crippen molar-refractivity contribution in [1.82, 2.24) is 0 Å². The molecule has 0 amide bonds. The van der Waals surface area contributed by atoms with Crippen molar-refractivity contribution in [2.75, 3.05) is 0 Å². The molecule has 2 nitrogen and oxygen atoms in total. The van der Waals surface area contributed by atoms with Crippen LogP contribution in [0, 0.1) is 0 Å². The fourth-order valence-electron chi connectivity index (χ4n) is 0.617. The standard InChI is InChI=1S/C6H6O2S.CHF3/c7-9(8)6-4-2-1-3-5-6;2-1(3)4/h1-4H,5H2;1H. The van der Waals surface area contributed by atoms with Gasteiger partial charge in [0.05, 0.1) is 4.86 Å². The minimum atomic E-state index is -3.67. The van der Waals surface area contributed by atoms with Gasteiger partial charge in [-0.05, 0) is 6.08 Å². The van der Waals surface area contributed by atoms with Crippen LogP contribution in [-0.4, -0.2) is 20.0 Å². The van der Waals surface area contributed by atoms with Crippen LogP contribution in [-0.2, 0) is 10.3 Å². The molecule has 1 rings (SSSR count). The highest BCUT2D eigenvalue weighted by atomic mass is 32.2. The number of rotatable bonds is 0. The van der Waals surface area contributed by atoms with Crippen LogP contribution in [0.15, 0.2) is 24.3 Å². The SMILES string of the molecule is FC(F)F.O=S(=O)=C1C=CC=CC1. The average molecular weight is 212 g/mol. The molecule has 0 atom stereocenters. The maximum absolute atomic E-state index is 10.2. The largest absolute Gasteiger partial charge is 0.379 e. The van der Waals surface area contributed by atoms with E-state index in [4.69, 9.17) is 0 Å². The third-order valence-corrected chi connectivity index (χ3v) is 1.79. The van der Waals surface area contributed by atoms with Crippen molar-refractivity contribution in [3.8, 4) is 0 Å². The predicted octanol–water partition coefficient (Wildman–Crippen LogP) is 1.73. The van der Waals surface area contributed by atoms with Crippen LogP contribution in [0.1, 0.15) is 6.42 Å². The Hall–Kier alpha value is -1.04. The molecular weight excluding hydrogens is 205 g/mol. The summed E-state index contributed by atoms with van der Waals surface area (Å²) in [5.74, 6) is 0. The molecule has 0 bridgehead atoms. The maximum atomic E-state index is 10.2. The monoisotopic (exact) mass is 212 g/mol. The van der Waals surface area contributed by atoms with Gasteiger partial charge in [0.15, 0.2) is 0 Å². The second-order valence-electron chi connectivity index (χ2n) is 1.94. The summed E-state index contributed by atoms with van der Waals surface area (Å²) in [5.41, 5.74) is 0. The quantitative estimate of drug-likeness (QED) is 0.573. The highest BCUT2D eigenvalue weighted by Gasteiger charge is 1.94. The van der Waals surface area contributed by atoms with Crippen LogP contribution in [0.3, 0.4) is 0 Å². The molecule has 0 spiro atoms. The predicted molar refractivity (Wildman–Crippen MR) is 43.9 cm³/mol. The van der Waals surface area contributed by atoms with Crippen molar-refractivity contribution in [3.63, 3.8) is 0 Å². The van der Waals surface area contributed by atoms with E-state index in [2.05, 4.69) is 0 Å². The lowest BCUT2D eigenvalue weighted by atomic mass is 10.2. The van der Waals surface area contributed by atoms with Crippen LogP contribution >= 0.6 is 0 Å². The molecule has 0 radical (unpaired) electrons. The lowest BCUT2D eigenvalue weighted by Gasteiger charge is -1.91. The third kappa shape index (κ3) is 7.32. The third-order valence-electron chi connectivity index (χ3n) is 1.06. The molecule has 1 aliphatic carbocycles. The molecule has 74 valence electrons. The van der Waals surface area contributed by atoms with Crippen molar-refractivity contribution in [3.05, 3.63) is 24.3 Å². The minimum absolute atomic E-state index is 0.456. The van der Waals surface area contributed by atoms with Gasteiger partial charge in [-0.2, -0.15) is 21.6 Å². The Bertz CT molecular complexity index is 317. The summed E-state index contributed by atoms with van der Waals surface area (Å²) in [7, 11) is -2.02. The summed E-state index contributed by atoms with van der Waals surface area (Å²) in [6.45, 7) is -3.67. The molecular formula is C7H7F3O2S. The highest BCUT2D eigenvalue weighted by molar-refractivity contribution is 7.73. The molecule has 13 heavy (non-hydrogen) atoms. The van der Waals surface area contributed by atoms with Gasteiger partial charge >= 0.3 is 6.68 Å². The van der Waals surface area contributed by atoms with Gasteiger partial charge in [-0.3, -0.25) is 0 Å². The van der Waals surface area contributed by atoms with Crippen molar-refractivity contribution in [1.29, 1.82) is 0 Å². The molecule has 0 aromatic heterocycles. The van der Waals surface area contributed by atoms with Gasteiger partial charge in [-0.15, -0.1) is 0 Å². The maximum Gasteiger partial charge on any atom is 0.379 e. The van der Waals surface area contributed by atoms with Crippen LogP contribution in [0.4, 0.5) is 13.2 Å². The van der Waals surface area contributed by atoms with Crippen LogP contribution in [0.5, 0.6) is 0 Å². The summed E-state index contributed by atoms with van der Waals surface area (Å²) in [4.78, 5) is 0.456. The van der Waals surface area contributed by atoms with E-state index in [0.29, 0.717) is 11.3 Å². The molecule has 0 aromatic carbocycles. The Labute approximate surface area is 74.9 Å². The van der Waals surface area contributed by atoms with Crippen molar-refractivity contribution < 1.29 is 21.6 Å². The molecule has 0 saturated carbocycles. The molecule has 0 unspecified atom stereocenters. The normalized spacial score (nSPS) is 14.0. The van der Waals surface area contributed by atoms with E-state index < -0.39 is 17.0 Å². The number of hydrogen-bond donors (Lipinski definition) is 0. The molecule has 0 N–H and O–H groups in total. The Kier molecular flexibility index (Phi) is 5.96. The fourth-order valence-corrected chi connectivity index (χ4v) is 1.04. The first kappa shape index (κ1) is 12.0. The summed E-state index contributed by atoms with van der Waals surface area (Å²) < 4.78 is 49.5. The number of halogens is 3. The Morgan fingerprint density at radius 3 is 2.00 bits per heavy atom. The number of hydrogen-bond acceptors (Lipinski definition) is 2. The molecule has 0 aliphatic heterocycles. The Morgan fingerprint density at radius 2 is 1.77 bits per heavy atom. The second kappa shape index (κ2) is 6.47. The highest BCUT2D eigenvalue weighted by Crippen LogP contribution is 1.96. The lowest BCUT2D eigenvalue weighted by molar-refractivity contribution is 0.00819. The van der Waals surface area contributed by atoms with Crippen molar-refractivity contribution >= 4 is 15.2 Å². The van der Waals surface area contributed by atoms with Crippen molar-refractivity contribution in [2.45, 2.75) is 13.1 Å². The lowest BCUT2D eigenvalue weighted by Crippen LogP contribution is -1.94. The van der Waals surface area contributed by atoms with Gasteiger partial charge in [-0.1, -0.05) is 18.2 Å². The molecule has 0 heterocycles. The zero-order chi connectivity index (χ0) is 10.3. The first-order chi connectivity index (χ1) is 6.04. The van der Waals surface area contributed by atoms with Crippen LogP contribution < -0.4 is 0 Å². The van der Waals surface area contributed by atoms with E-state index in [9.17, 15) is 21.6 Å². The first-order valence-corrected chi connectivity index (χ1v) is 4.32. The van der Waals surface area contributed by atoms with Crippen LogP contribution in [0.2, 0.25) is 0 Å². The van der Waals surface area contributed by atoms with Gasteiger partial charge in [0.2, 0.25) is 10.3 Å². The minimum Gasteiger partial charge on any atom is -0.184 e. The topological polar surface area (TPSA) is 34.1 Å². The number of alkyl halides is 3. The summed E-state index contributed by atoms with van der Waals surface area (Å²) in [5, 5.41) is 0. The van der Waals surface area contributed by atoms with Crippen molar-refractivity contribution in [2.24, 2.45) is 0 Å². The smallest absolute Gasteiger partial charge is 0.184 e. The Balaban J connectivity index is 0.000000310. The van der Waals surface area contributed by atoms with Gasteiger partial charge < -0.3 is 0 Å². The first-order valence-electron chi connectivity index (χ1n) is 3.24. The average Bonchev–Trinajstić information content (AvgIpc) is 2.05. The molecule has 0 aromatic rings.